The van der Waals surface area contributed by atoms with E-state index in [2.05, 4.69) is 4.98 Å². The Kier molecular flexibility index (Phi) is 6.53. The maximum atomic E-state index is 13.5. The molecule has 0 N–H and O–H groups in total. The van der Waals surface area contributed by atoms with Gasteiger partial charge in [-0.2, -0.15) is 0 Å². The molecular weight excluding hydrogens is 393 g/mol. The van der Waals surface area contributed by atoms with Crippen LogP contribution in [0.1, 0.15) is 28.7 Å². The standard InChI is InChI=1S/C21H22FN3O3S/c1-4-24-14(2)10-18(15(24)3)19(26)12-28-20(27)13-29-21-23-8-9-25(21)17-7-5-6-16(22)11-17/h5-11H,4,12-13H2,1-3H3. The molecule has 152 valence electrons. The predicted octanol–water partition coefficient (Wildman–Crippen LogP) is 3.97. The van der Waals surface area contributed by atoms with Crippen LogP contribution >= 0.6 is 11.8 Å². The van der Waals surface area contributed by atoms with Gasteiger partial charge in [0.05, 0.1) is 11.4 Å². The Morgan fingerprint density at radius 2 is 2.03 bits per heavy atom. The van der Waals surface area contributed by atoms with Crippen molar-refractivity contribution in [3.63, 3.8) is 0 Å². The van der Waals surface area contributed by atoms with Crippen LogP contribution in [0.4, 0.5) is 4.39 Å². The molecular formula is C21H22FN3O3S. The van der Waals surface area contributed by atoms with Crippen LogP contribution in [0.2, 0.25) is 0 Å². The first-order chi connectivity index (χ1) is 13.9. The van der Waals surface area contributed by atoms with E-state index in [9.17, 15) is 14.0 Å². The van der Waals surface area contributed by atoms with Crippen molar-refractivity contribution in [2.24, 2.45) is 0 Å². The summed E-state index contributed by atoms with van der Waals surface area (Å²) >= 11 is 1.16. The summed E-state index contributed by atoms with van der Waals surface area (Å²) in [6.45, 7) is 6.31. The second kappa shape index (κ2) is 9.09. The molecule has 0 saturated heterocycles. The quantitative estimate of drug-likeness (QED) is 0.316. The van der Waals surface area contributed by atoms with Gasteiger partial charge in [0, 0.05) is 35.9 Å². The summed E-state index contributed by atoms with van der Waals surface area (Å²) in [7, 11) is 0. The smallest absolute Gasteiger partial charge is 0.316 e. The number of carbonyl (C=O) groups excluding carboxylic acids is 2. The number of aryl methyl sites for hydroxylation is 1. The molecule has 1 aromatic carbocycles. The van der Waals surface area contributed by atoms with Gasteiger partial charge < -0.3 is 9.30 Å². The normalized spacial score (nSPS) is 10.9. The lowest BCUT2D eigenvalue weighted by Gasteiger charge is -2.08. The summed E-state index contributed by atoms with van der Waals surface area (Å²) in [4.78, 5) is 28.7. The van der Waals surface area contributed by atoms with Gasteiger partial charge in [-0.05, 0) is 45.0 Å². The fourth-order valence-corrected chi connectivity index (χ4v) is 3.95. The number of ketones is 1. The maximum Gasteiger partial charge on any atom is 0.316 e. The lowest BCUT2D eigenvalue weighted by molar-refractivity contribution is -0.139. The molecule has 0 saturated carbocycles. The third-order valence-electron chi connectivity index (χ3n) is 4.57. The molecule has 3 aromatic rings. The highest BCUT2D eigenvalue weighted by Gasteiger charge is 2.17. The Morgan fingerprint density at radius 1 is 1.24 bits per heavy atom. The van der Waals surface area contributed by atoms with Crippen molar-refractivity contribution in [2.45, 2.75) is 32.5 Å². The highest BCUT2D eigenvalue weighted by Crippen LogP contribution is 2.21. The first-order valence-corrected chi connectivity index (χ1v) is 10.2. The van der Waals surface area contributed by atoms with Gasteiger partial charge in [0.2, 0.25) is 5.78 Å². The summed E-state index contributed by atoms with van der Waals surface area (Å²) in [6, 6.07) is 7.92. The fourth-order valence-electron chi connectivity index (χ4n) is 3.18. The molecule has 8 heteroatoms. The highest BCUT2D eigenvalue weighted by atomic mass is 32.2. The molecule has 2 aromatic heterocycles. The van der Waals surface area contributed by atoms with Crippen LogP contribution in [0.3, 0.4) is 0 Å². The molecule has 0 aliphatic carbocycles. The number of hydrogen-bond acceptors (Lipinski definition) is 5. The van der Waals surface area contributed by atoms with Crippen molar-refractivity contribution >= 4 is 23.5 Å². The number of imidazole rings is 1. The van der Waals surface area contributed by atoms with E-state index in [1.807, 2.05) is 31.4 Å². The van der Waals surface area contributed by atoms with Crippen LogP contribution in [0.25, 0.3) is 5.69 Å². The SMILES string of the molecule is CCn1c(C)cc(C(=O)COC(=O)CSc2nccn2-c2cccc(F)c2)c1C. The van der Waals surface area contributed by atoms with E-state index < -0.39 is 5.97 Å². The van der Waals surface area contributed by atoms with E-state index in [-0.39, 0.29) is 24.0 Å². The monoisotopic (exact) mass is 415 g/mol. The molecule has 0 aliphatic heterocycles. The van der Waals surface area contributed by atoms with Gasteiger partial charge in [-0.1, -0.05) is 17.8 Å². The number of hydrogen-bond donors (Lipinski definition) is 0. The lowest BCUT2D eigenvalue weighted by Crippen LogP contribution is -2.16. The van der Waals surface area contributed by atoms with Crippen LogP contribution in [0, 0.1) is 19.7 Å². The Morgan fingerprint density at radius 3 is 2.72 bits per heavy atom. The number of nitrogens with zero attached hydrogens (tertiary/aromatic N) is 3. The summed E-state index contributed by atoms with van der Waals surface area (Å²) in [5.41, 5.74) is 3.06. The molecule has 0 radical (unpaired) electrons. The molecule has 0 amide bonds. The minimum Gasteiger partial charge on any atom is -0.457 e. The minimum atomic E-state index is -0.513. The molecule has 0 unspecified atom stereocenters. The largest absolute Gasteiger partial charge is 0.457 e. The van der Waals surface area contributed by atoms with Gasteiger partial charge in [0.15, 0.2) is 11.8 Å². The average Bonchev–Trinajstić information content (AvgIpc) is 3.28. The molecule has 0 bridgehead atoms. The topological polar surface area (TPSA) is 66.1 Å². The van der Waals surface area contributed by atoms with Crippen molar-refractivity contribution in [1.29, 1.82) is 0 Å². The number of Topliss-reactive ketones (excluding diaryl/α,β-unsaturated/α-hetero) is 1. The third-order valence-corrected chi connectivity index (χ3v) is 5.51. The van der Waals surface area contributed by atoms with E-state index in [4.69, 9.17) is 4.74 Å². The van der Waals surface area contributed by atoms with E-state index in [0.29, 0.717) is 16.4 Å². The number of esters is 1. The molecule has 6 nitrogen and oxygen atoms in total. The van der Waals surface area contributed by atoms with Gasteiger partial charge in [0.1, 0.15) is 5.82 Å². The Balaban J connectivity index is 1.56. The summed E-state index contributed by atoms with van der Waals surface area (Å²) in [5.74, 6) is -1.10. The van der Waals surface area contributed by atoms with Crippen molar-refractivity contribution < 1.29 is 18.7 Å². The number of halogens is 1. The van der Waals surface area contributed by atoms with Crippen LogP contribution in [0.5, 0.6) is 0 Å². The van der Waals surface area contributed by atoms with Gasteiger partial charge >= 0.3 is 5.97 Å². The maximum absolute atomic E-state index is 13.5. The Hall–Kier alpha value is -2.87. The summed E-state index contributed by atoms with van der Waals surface area (Å²) in [6.07, 6.45) is 3.26. The molecule has 2 heterocycles. The molecule has 29 heavy (non-hydrogen) atoms. The minimum absolute atomic E-state index is 0.00636. The van der Waals surface area contributed by atoms with Crippen LogP contribution in [-0.4, -0.2) is 38.2 Å². The van der Waals surface area contributed by atoms with Gasteiger partial charge in [-0.15, -0.1) is 0 Å². The van der Waals surface area contributed by atoms with Crippen LogP contribution < -0.4 is 0 Å². The molecule has 0 atom stereocenters. The van der Waals surface area contributed by atoms with Gasteiger partial charge in [-0.25, -0.2) is 9.37 Å². The molecule has 0 fully saturated rings. The molecule has 3 rings (SSSR count). The zero-order chi connectivity index (χ0) is 21.0. The zero-order valence-corrected chi connectivity index (χ0v) is 17.3. The van der Waals surface area contributed by atoms with Gasteiger partial charge in [-0.3, -0.25) is 14.2 Å². The van der Waals surface area contributed by atoms with Crippen LogP contribution in [-0.2, 0) is 16.1 Å². The summed E-state index contributed by atoms with van der Waals surface area (Å²) in [5, 5.41) is 0.533. The van der Waals surface area contributed by atoms with Gasteiger partial charge in [0.25, 0.3) is 0 Å². The van der Waals surface area contributed by atoms with Crippen molar-refractivity contribution in [3.8, 4) is 5.69 Å². The van der Waals surface area contributed by atoms with Crippen LogP contribution in [0.15, 0.2) is 47.9 Å². The number of ether oxygens (including phenoxy) is 1. The van der Waals surface area contributed by atoms with E-state index in [0.717, 1.165) is 29.7 Å². The van der Waals surface area contributed by atoms with E-state index >= 15 is 0 Å². The Labute approximate surface area is 172 Å². The Bertz CT molecular complexity index is 1040. The van der Waals surface area contributed by atoms with Crippen molar-refractivity contribution in [3.05, 3.63) is 65.5 Å². The van der Waals surface area contributed by atoms with Crippen molar-refractivity contribution in [2.75, 3.05) is 12.4 Å². The highest BCUT2D eigenvalue weighted by molar-refractivity contribution is 7.99. The number of benzene rings is 1. The lowest BCUT2D eigenvalue weighted by atomic mass is 10.1. The van der Waals surface area contributed by atoms with E-state index in [1.165, 1.54) is 12.1 Å². The predicted molar refractivity (Wildman–Crippen MR) is 109 cm³/mol. The number of thioether (sulfide) groups is 1. The number of aromatic nitrogens is 3. The first kappa shape index (κ1) is 20.9. The third kappa shape index (κ3) is 4.76. The summed E-state index contributed by atoms with van der Waals surface area (Å²) < 4.78 is 22.3. The van der Waals surface area contributed by atoms with E-state index in [1.54, 1.807) is 29.1 Å². The molecule has 0 aliphatic rings. The zero-order valence-electron chi connectivity index (χ0n) is 16.5. The average molecular weight is 415 g/mol. The fraction of sp³-hybridized carbons (Fsp3) is 0.286. The number of rotatable bonds is 8. The molecule has 0 spiro atoms. The second-order valence-corrected chi connectivity index (χ2v) is 7.40. The van der Waals surface area contributed by atoms with Crippen molar-refractivity contribution in [1.82, 2.24) is 14.1 Å². The second-order valence-electron chi connectivity index (χ2n) is 6.46. The number of carbonyl (C=O) groups is 2. The first-order valence-electron chi connectivity index (χ1n) is 9.18.